The first kappa shape index (κ1) is 66.9. The standard InChI is InChI=1S/C29H32ClN7O4.C24H24ClN7O2.C10H18O5/c1-29(2,3)41-28(38)36(17-19-11-12-21(14-31-19)37(39)40)20-8-6-7-18(13-20)34-27-33-16-24(30)26(35-27)23-15-32-25-10-5-4-9-22(23)25;25-21-14-29-24(31-23(21)20-13-28-22-7-2-1-6-19(20)22)30-16-5-3-4-15(10-16)26-11-17-8-9-18(12-27-17)32(33)34;1-9(2,3)14-7(11)13-8(12)15-10(4,5)6/h4-5,9-12,14-16,18,20,32H,6-8,13,17H2,1-3H3,(H,33,34,35);1-2,6-9,12-16,26,28H,3-5,10-11H2,(H,29,30,31);1-6H3/t18-,20+;15-,16+;/m10./s1. The third-order valence-electron chi connectivity index (χ3n) is 14.1. The minimum absolute atomic E-state index is 0.000464. The Balaban J connectivity index is 0.000000192. The van der Waals surface area contributed by atoms with Crippen LogP contribution < -0.4 is 16.0 Å². The molecule has 6 aromatic heterocycles. The van der Waals surface area contributed by atoms with Crippen molar-refractivity contribution < 1.29 is 43.2 Å². The Morgan fingerprint density at radius 2 is 1.04 bits per heavy atom. The van der Waals surface area contributed by atoms with E-state index in [1.54, 1.807) is 71.0 Å². The highest BCUT2D eigenvalue weighted by molar-refractivity contribution is 6.33. The van der Waals surface area contributed by atoms with Gasteiger partial charge >= 0.3 is 18.4 Å². The number of ether oxygens (including phenoxy) is 4. The summed E-state index contributed by atoms with van der Waals surface area (Å²) in [5.41, 5.74) is 4.35. The SMILES string of the molecule is CC(C)(C)OC(=O)N(Cc1ccc([N+](=O)[O-])cn1)[C@H]1CCC[C@@H](Nc2ncc(Cl)c(-c3c[nH]c4ccccc34)n2)C1.CC(C)(C)OC(=O)OC(=O)OC(C)(C)C.O=[N+]([O-])c1ccc(CN[C@H]2CCC[C@@H](Nc3ncc(Cl)c(-c4c[nH]c5ccccc45)n3)C2)nc1. The Hall–Kier alpha value is -9.07. The van der Waals surface area contributed by atoms with Gasteiger partial charge in [-0.1, -0.05) is 59.6 Å². The summed E-state index contributed by atoms with van der Waals surface area (Å²) in [6.45, 7) is 16.2. The molecular weight excluding hydrogens is 1200 g/mol. The second-order valence-electron chi connectivity index (χ2n) is 24.7. The first-order chi connectivity index (χ1) is 42.6. The second kappa shape index (κ2) is 29.5. The Morgan fingerprint density at radius 3 is 1.51 bits per heavy atom. The Morgan fingerprint density at radius 1 is 0.589 bits per heavy atom. The lowest BCUT2D eigenvalue weighted by molar-refractivity contribution is -0.385. The number of aromatic amines is 2. The monoisotopic (exact) mass is 1270 g/mol. The van der Waals surface area contributed by atoms with E-state index >= 15 is 0 Å². The zero-order valence-electron chi connectivity index (χ0n) is 51.5. The van der Waals surface area contributed by atoms with Crippen LogP contribution in [0.3, 0.4) is 0 Å². The summed E-state index contributed by atoms with van der Waals surface area (Å²) in [6, 6.07) is 22.5. The lowest BCUT2D eigenvalue weighted by Gasteiger charge is -2.38. The number of pyridine rings is 2. The molecule has 0 bridgehead atoms. The summed E-state index contributed by atoms with van der Waals surface area (Å²) >= 11 is 13.0. The van der Waals surface area contributed by atoms with Crippen LogP contribution in [0.15, 0.2) is 110 Å². The Kier molecular flexibility index (Phi) is 21.9. The Bertz CT molecular complexity index is 3760. The first-order valence-electron chi connectivity index (χ1n) is 29.4. The van der Waals surface area contributed by atoms with Gasteiger partial charge in [-0.2, -0.15) is 0 Å². The van der Waals surface area contributed by atoms with Crippen LogP contribution in [0, 0.1) is 20.2 Å². The lowest BCUT2D eigenvalue weighted by Crippen LogP contribution is -2.47. The van der Waals surface area contributed by atoms with Gasteiger partial charge in [0.15, 0.2) is 0 Å². The molecule has 0 aliphatic heterocycles. The number of nitrogens with one attached hydrogen (secondary N) is 5. The summed E-state index contributed by atoms with van der Waals surface area (Å²) < 4.78 is 19.5. The van der Waals surface area contributed by atoms with Gasteiger partial charge in [0, 0.05) is 88.2 Å². The predicted molar refractivity (Wildman–Crippen MR) is 342 cm³/mol. The van der Waals surface area contributed by atoms with Crippen LogP contribution in [0.1, 0.15) is 125 Å². The highest BCUT2D eigenvalue weighted by Crippen LogP contribution is 2.36. The number of halogens is 2. The molecule has 90 heavy (non-hydrogen) atoms. The molecule has 5 N–H and O–H groups in total. The average molecular weight is 1270 g/mol. The van der Waals surface area contributed by atoms with Crippen molar-refractivity contribution in [3.05, 3.63) is 152 Å². The second-order valence-corrected chi connectivity index (χ2v) is 25.5. The number of anilines is 2. The minimum Gasteiger partial charge on any atom is -0.444 e. The molecule has 2 aromatic carbocycles. The van der Waals surface area contributed by atoms with Gasteiger partial charge in [-0.25, -0.2) is 34.3 Å². The number of H-pyrrole nitrogens is 2. The van der Waals surface area contributed by atoms with Crippen LogP contribution in [-0.4, -0.2) is 114 Å². The van der Waals surface area contributed by atoms with Gasteiger partial charge in [-0.05, 0) is 138 Å². The third kappa shape index (κ3) is 19.5. The molecule has 0 radical (unpaired) electrons. The van der Waals surface area contributed by atoms with Crippen LogP contribution >= 0.6 is 23.2 Å². The van der Waals surface area contributed by atoms with E-state index in [1.807, 2.05) is 81.7 Å². The maximum atomic E-state index is 13.3. The van der Waals surface area contributed by atoms with Crippen molar-refractivity contribution in [1.82, 2.24) is 50.1 Å². The number of hydrogen-bond acceptors (Lipinski definition) is 20. The summed E-state index contributed by atoms with van der Waals surface area (Å²) in [5, 5.41) is 35.4. The fourth-order valence-electron chi connectivity index (χ4n) is 10.2. The van der Waals surface area contributed by atoms with Gasteiger partial charge in [0.05, 0.1) is 61.6 Å². The minimum atomic E-state index is -1.06. The number of fused-ring (bicyclic) bond motifs is 2. The van der Waals surface area contributed by atoms with Crippen molar-refractivity contribution in [2.24, 2.45) is 0 Å². The molecule has 0 saturated heterocycles. The normalized spacial score (nSPS) is 16.7. The van der Waals surface area contributed by atoms with Gasteiger partial charge < -0.3 is 44.9 Å². The number of nitrogens with zero attached hydrogens (tertiary/aromatic N) is 9. The number of carbonyl (C=O) groups is 3. The van der Waals surface area contributed by atoms with Crippen LogP contribution in [0.4, 0.5) is 37.7 Å². The van der Waals surface area contributed by atoms with Crippen LogP contribution in [-0.2, 0) is 32.0 Å². The van der Waals surface area contributed by atoms with Gasteiger partial charge in [-0.3, -0.25) is 35.1 Å². The molecule has 2 fully saturated rings. The van der Waals surface area contributed by atoms with Crippen molar-refractivity contribution in [1.29, 1.82) is 0 Å². The molecule has 0 spiro atoms. The van der Waals surface area contributed by atoms with Crippen LogP contribution in [0.2, 0.25) is 10.0 Å². The molecule has 0 unspecified atom stereocenters. The van der Waals surface area contributed by atoms with Gasteiger partial charge in [0.1, 0.15) is 29.2 Å². The summed E-state index contributed by atoms with van der Waals surface area (Å²) in [5.74, 6) is 1.02. The van der Waals surface area contributed by atoms with Crippen molar-refractivity contribution >= 4 is 86.7 Å². The smallest absolute Gasteiger partial charge is 0.444 e. The molecule has 476 valence electrons. The highest BCUT2D eigenvalue weighted by atomic mass is 35.5. The van der Waals surface area contributed by atoms with Gasteiger partial charge in [0.25, 0.3) is 11.4 Å². The maximum absolute atomic E-state index is 13.3. The number of hydrogen-bond donors (Lipinski definition) is 5. The fourth-order valence-corrected chi connectivity index (χ4v) is 10.6. The number of carbonyl (C=O) groups excluding carboxylic acids is 3. The van der Waals surface area contributed by atoms with E-state index in [9.17, 15) is 34.6 Å². The summed E-state index contributed by atoms with van der Waals surface area (Å²) in [6.07, 6.45) is 14.3. The quantitative estimate of drug-likeness (QED) is 0.0222. The third-order valence-corrected chi connectivity index (χ3v) is 14.7. The molecule has 6 heterocycles. The maximum Gasteiger partial charge on any atom is 0.519 e. The average Bonchev–Trinajstić information content (AvgIpc) is 1.65. The molecule has 2 saturated carbocycles. The molecule has 2 aliphatic carbocycles. The summed E-state index contributed by atoms with van der Waals surface area (Å²) in [4.78, 5) is 91.2. The number of amides is 1. The van der Waals surface area contributed by atoms with E-state index in [0.29, 0.717) is 58.0 Å². The highest BCUT2D eigenvalue weighted by Gasteiger charge is 2.34. The largest absolute Gasteiger partial charge is 0.519 e. The van der Waals surface area contributed by atoms with E-state index in [2.05, 4.69) is 50.6 Å². The van der Waals surface area contributed by atoms with Crippen molar-refractivity contribution in [3.8, 4) is 22.5 Å². The van der Waals surface area contributed by atoms with Crippen LogP contribution in [0.25, 0.3) is 44.3 Å². The van der Waals surface area contributed by atoms with E-state index < -0.39 is 45.1 Å². The predicted octanol–water partition coefficient (Wildman–Crippen LogP) is 14.7. The topological polar surface area (TPSA) is 323 Å². The molecule has 25 nitrogen and oxygen atoms in total. The van der Waals surface area contributed by atoms with Crippen molar-refractivity contribution in [2.75, 3.05) is 10.6 Å². The fraction of sp³-hybridized carbons (Fsp3) is 0.413. The van der Waals surface area contributed by atoms with E-state index in [4.69, 9.17) is 47.4 Å². The van der Waals surface area contributed by atoms with E-state index in [0.717, 1.165) is 83.6 Å². The zero-order chi connectivity index (χ0) is 64.9. The van der Waals surface area contributed by atoms with Crippen LogP contribution in [0.5, 0.6) is 0 Å². The lowest BCUT2D eigenvalue weighted by atomic mass is 9.90. The molecule has 27 heteroatoms. The molecule has 1 amide bonds. The van der Waals surface area contributed by atoms with E-state index in [1.165, 1.54) is 24.5 Å². The molecule has 2 aliphatic rings. The summed E-state index contributed by atoms with van der Waals surface area (Å²) in [7, 11) is 0. The zero-order valence-corrected chi connectivity index (χ0v) is 53.1. The van der Waals surface area contributed by atoms with Crippen molar-refractivity contribution in [3.63, 3.8) is 0 Å². The molecule has 8 aromatic rings. The first-order valence-corrected chi connectivity index (χ1v) is 30.2. The van der Waals surface area contributed by atoms with Gasteiger partial charge in [-0.15, -0.1) is 0 Å². The number of aromatic nitrogens is 8. The Labute approximate surface area is 530 Å². The number of nitro groups is 2. The molecular formula is C63H74Cl2N14O11. The number of rotatable bonds is 14. The van der Waals surface area contributed by atoms with Gasteiger partial charge in [0.2, 0.25) is 11.9 Å². The molecule has 10 rings (SSSR count). The molecule has 4 atom stereocenters. The van der Waals surface area contributed by atoms with E-state index in [-0.39, 0.29) is 36.0 Å². The number of para-hydroxylation sites is 2. The number of benzene rings is 2. The van der Waals surface area contributed by atoms with Crippen molar-refractivity contribution in [2.45, 2.75) is 168 Å².